The van der Waals surface area contributed by atoms with E-state index in [9.17, 15) is 0 Å². The molecule has 0 aromatic carbocycles. The Morgan fingerprint density at radius 1 is 1.06 bits per heavy atom. The summed E-state index contributed by atoms with van der Waals surface area (Å²) >= 11 is 0. The van der Waals surface area contributed by atoms with Crippen molar-refractivity contribution in [2.75, 3.05) is 46.4 Å². The van der Waals surface area contributed by atoms with E-state index < -0.39 is 0 Å². The molecule has 0 radical (unpaired) electrons. The fraction of sp³-hybridized carbons (Fsp3) is 1.00. The second-order valence-corrected chi connectivity index (χ2v) is 5.83. The molecule has 1 rings (SSSR count). The summed E-state index contributed by atoms with van der Waals surface area (Å²) in [6.45, 7) is 11.4. The average Bonchev–Trinajstić information content (AvgIpc) is 2.36. The smallest absolute Gasteiger partial charge is 0.0518 e. The molecule has 1 fully saturated rings. The molecule has 0 bridgehead atoms. The zero-order chi connectivity index (χ0) is 13.2. The van der Waals surface area contributed by atoms with Gasteiger partial charge >= 0.3 is 0 Å². The van der Waals surface area contributed by atoms with Gasteiger partial charge in [-0.05, 0) is 72.8 Å². The van der Waals surface area contributed by atoms with E-state index in [0.29, 0.717) is 6.10 Å². The van der Waals surface area contributed by atoms with Gasteiger partial charge in [-0.15, -0.1) is 0 Å². The fourth-order valence-electron chi connectivity index (χ4n) is 2.51. The van der Waals surface area contributed by atoms with Gasteiger partial charge in [0.2, 0.25) is 0 Å². The van der Waals surface area contributed by atoms with Crippen LogP contribution in [-0.2, 0) is 4.74 Å². The van der Waals surface area contributed by atoms with Crippen LogP contribution in [0.25, 0.3) is 0 Å². The Kier molecular flexibility index (Phi) is 8.64. The zero-order valence-corrected chi connectivity index (χ0v) is 12.7. The summed E-state index contributed by atoms with van der Waals surface area (Å²) in [7, 11) is 2.23. The molecule has 0 aromatic heterocycles. The summed E-state index contributed by atoms with van der Waals surface area (Å²) in [5, 5.41) is 0. The molecule has 1 saturated heterocycles. The van der Waals surface area contributed by atoms with Crippen LogP contribution in [0.3, 0.4) is 0 Å². The maximum absolute atomic E-state index is 5.56. The van der Waals surface area contributed by atoms with Crippen LogP contribution < -0.4 is 0 Å². The van der Waals surface area contributed by atoms with Gasteiger partial charge < -0.3 is 14.5 Å². The Labute approximate surface area is 113 Å². The molecule has 0 amide bonds. The van der Waals surface area contributed by atoms with Gasteiger partial charge in [0.15, 0.2) is 0 Å². The van der Waals surface area contributed by atoms with Crippen LogP contribution in [0, 0.1) is 0 Å². The number of likely N-dealkylation sites (tertiary alicyclic amines) is 1. The van der Waals surface area contributed by atoms with Gasteiger partial charge in [-0.1, -0.05) is 6.42 Å². The molecule has 18 heavy (non-hydrogen) atoms. The third-order valence-electron chi connectivity index (χ3n) is 3.60. The lowest BCUT2D eigenvalue weighted by Gasteiger charge is -2.27. The van der Waals surface area contributed by atoms with Crippen molar-refractivity contribution in [1.29, 1.82) is 0 Å². The second kappa shape index (κ2) is 9.76. The predicted octanol–water partition coefficient (Wildman–Crippen LogP) is 2.61. The lowest BCUT2D eigenvalue weighted by molar-refractivity contribution is 0.0718. The van der Waals surface area contributed by atoms with Crippen molar-refractivity contribution in [2.24, 2.45) is 0 Å². The van der Waals surface area contributed by atoms with E-state index in [0.717, 1.165) is 19.6 Å². The molecule has 0 saturated carbocycles. The first-order valence-electron chi connectivity index (χ1n) is 7.71. The minimum atomic E-state index is 0.370. The van der Waals surface area contributed by atoms with Crippen molar-refractivity contribution in [1.82, 2.24) is 9.80 Å². The molecule has 0 aliphatic carbocycles. The van der Waals surface area contributed by atoms with Gasteiger partial charge in [0.05, 0.1) is 6.10 Å². The number of ether oxygens (including phenoxy) is 1. The average molecular weight is 256 g/mol. The Hall–Kier alpha value is -0.120. The first kappa shape index (κ1) is 15.9. The summed E-state index contributed by atoms with van der Waals surface area (Å²) in [5.74, 6) is 0. The van der Waals surface area contributed by atoms with E-state index in [1.165, 1.54) is 51.9 Å². The minimum absolute atomic E-state index is 0.370. The standard InChI is InChI=1S/C15H32N2O/c1-15(2)18-14-8-10-16(3)9-7-13-17-11-5-4-6-12-17/h15H,4-14H2,1-3H3. The van der Waals surface area contributed by atoms with Gasteiger partial charge in [0.25, 0.3) is 0 Å². The van der Waals surface area contributed by atoms with Gasteiger partial charge in [-0.3, -0.25) is 0 Å². The maximum Gasteiger partial charge on any atom is 0.0518 e. The Morgan fingerprint density at radius 3 is 2.39 bits per heavy atom. The van der Waals surface area contributed by atoms with Gasteiger partial charge in [-0.25, -0.2) is 0 Å². The van der Waals surface area contributed by atoms with Crippen LogP contribution in [0.1, 0.15) is 46.0 Å². The summed E-state index contributed by atoms with van der Waals surface area (Å²) in [6, 6.07) is 0. The zero-order valence-electron chi connectivity index (χ0n) is 12.7. The number of hydrogen-bond acceptors (Lipinski definition) is 3. The van der Waals surface area contributed by atoms with E-state index in [4.69, 9.17) is 4.74 Å². The van der Waals surface area contributed by atoms with E-state index in [2.05, 4.69) is 30.7 Å². The molecule has 0 unspecified atom stereocenters. The summed E-state index contributed by atoms with van der Waals surface area (Å²) in [5.41, 5.74) is 0. The second-order valence-electron chi connectivity index (χ2n) is 5.83. The Morgan fingerprint density at radius 2 is 1.72 bits per heavy atom. The number of nitrogens with zero attached hydrogens (tertiary/aromatic N) is 2. The van der Waals surface area contributed by atoms with Crippen LogP contribution in [0.5, 0.6) is 0 Å². The van der Waals surface area contributed by atoms with Gasteiger partial charge in [0, 0.05) is 13.2 Å². The quantitative estimate of drug-likeness (QED) is 0.590. The Bertz CT molecular complexity index is 191. The molecule has 108 valence electrons. The third-order valence-corrected chi connectivity index (χ3v) is 3.60. The highest BCUT2D eigenvalue weighted by atomic mass is 16.5. The molecule has 0 N–H and O–H groups in total. The molecule has 1 heterocycles. The highest BCUT2D eigenvalue weighted by molar-refractivity contribution is 4.65. The van der Waals surface area contributed by atoms with Crippen molar-refractivity contribution < 1.29 is 4.74 Å². The van der Waals surface area contributed by atoms with Crippen molar-refractivity contribution >= 4 is 0 Å². The monoisotopic (exact) mass is 256 g/mol. The number of piperidine rings is 1. The lowest BCUT2D eigenvalue weighted by Crippen LogP contribution is -2.32. The molecule has 0 aromatic rings. The van der Waals surface area contributed by atoms with E-state index in [1.54, 1.807) is 0 Å². The molecular weight excluding hydrogens is 224 g/mol. The summed E-state index contributed by atoms with van der Waals surface area (Å²) < 4.78 is 5.56. The van der Waals surface area contributed by atoms with Crippen LogP contribution in [0.2, 0.25) is 0 Å². The normalized spacial score (nSPS) is 17.8. The highest BCUT2D eigenvalue weighted by Crippen LogP contribution is 2.08. The largest absolute Gasteiger partial charge is 0.379 e. The van der Waals surface area contributed by atoms with E-state index >= 15 is 0 Å². The van der Waals surface area contributed by atoms with Gasteiger partial charge in [0.1, 0.15) is 0 Å². The van der Waals surface area contributed by atoms with Crippen LogP contribution >= 0.6 is 0 Å². The minimum Gasteiger partial charge on any atom is -0.379 e. The number of rotatable bonds is 9. The highest BCUT2D eigenvalue weighted by Gasteiger charge is 2.09. The summed E-state index contributed by atoms with van der Waals surface area (Å²) in [4.78, 5) is 5.06. The molecule has 1 aliphatic rings. The van der Waals surface area contributed by atoms with Gasteiger partial charge in [-0.2, -0.15) is 0 Å². The molecule has 3 heteroatoms. The Balaban J connectivity index is 1.91. The van der Waals surface area contributed by atoms with Crippen LogP contribution in [-0.4, -0.2) is 62.3 Å². The topological polar surface area (TPSA) is 15.7 Å². The first-order valence-corrected chi connectivity index (χ1v) is 7.71. The molecule has 1 aliphatic heterocycles. The SMILES string of the molecule is CC(C)OCCCN(C)CCCN1CCCCC1. The maximum atomic E-state index is 5.56. The summed E-state index contributed by atoms with van der Waals surface area (Å²) in [6.07, 6.45) is 7.08. The van der Waals surface area contributed by atoms with Crippen LogP contribution in [0.4, 0.5) is 0 Å². The molecule has 0 spiro atoms. The van der Waals surface area contributed by atoms with E-state index in [-0.39, 0.29) is 0 Å². The number of hydrogen-bond donors (Lipinski definition) is 0. The van der Waals surface area contributed by atoms with Crippen molar-refractivity contribution in [3.05, 3.63) is 0 Å². The molecule has 3 nitrogen and oxygen atoms in total. The third kappa shape index (κ3) is 8.06. The van der Waals surface area contributed by atoms with Crippen LogP contribution in [0.15, 0.2) is 0 Å². The van der Waals surface area contributed by atoms with Crippen molar-refractivity contribution in [2.45, 2.75) is 52.1 Å². The van der Waals surface area contributed by atoms with Crippen molar-refractivity contribution in [3.8, 4) is 0 Å². The predicted molar refractivity (Wildman–Crippen MR) is 78.1 cm³/mol. The fourth-order valence-corrected chi connectivity index (χ4v) is 2.51. The lowest BCUT2D eigenvalue weighted by atomic mass is 10.1. The van der Waals surface area contributed by atoms with Crippen molar-refractivity contribution in [3.63, 3.8) is 0 Å². The van der Waals surface area contributed by atoms with E-state index in [1.807, 2.05) is 0 Å². The molecule has 0 atom stereocenters. The first-order chi connectivity index (χ1) is 8.68. The molecular formula is C15H32N2O.